The van der Waals surface area contributed by atoms with Crippen LogP contribution in [0.3, 0.4) is 0 Å². The fourth-order valence-corrected chi connectivity index (χ4v) is 2.32. The van der Waals surface area contributed by atoms with Crippen molar-refractivity contribution in [1.29, 1.82) is 0 Å². The van der Waals surface area contributed by atoms with Crippen molar-refractivity contribution in [2.45, 2.75) is 11.3 Å². The molecule has 0 saturated carbocycles. The third-order valence-corrected chi connectivity index (χ3v) is 3.11. The van der Waals surface area contributed by atoms with E-state index in [0.717, 1.165) is 9.37 Å². The van der Waals surface area contributed by atoms with Crippen LogP contribution in [0.25, 0.3) is 0 Å². The Labute approximate surface area is 96.7 Å². The van der Waals surface area contributed by atoms with Gasteiger partial charge in [0.2, 0.25) is 0 Å². The molecule has 0 spiro atoms. The maximum absolute atomic E-state index is 11.2. The Bertz CT molecular complexity index is 336. The summed E-state index contributed by atoms with van der Waals surface area (Å²) in [6.45, 7) is 3.53. The highest BCUT2D eigenvalue weighted by Crippen LogP contribution is 2.21. The maximum Gasteiger partial charge on any atom is 0.146 e. The molecule has 0 radical (unpaired) electrons. The first kappa shape index (κ1) is 11.5. The number of thioether (sulfide) groups is 1. The van der Waals surface area contributed by atoms with Crippen LogP contribution >= 0.6 is 27.7 Å². The Morgan fingerprint density at radius 1 is 1.57 bits per heavy atom. The third-order valence-electron chi connectivity index (χ3n) is 1.57. The van der Waals surface area contributed by atoms with E-state index in [9.17, 15) is 4.79 Å². The van der Waals surface area contributed by atoms with E-state index in [4.69, 9.17) is 0 Å². The first-order valence-electron chi connectivity index (χ1n) is 4.23. The molecule has 0 aliphatic carbocycles. The van der Waals surface area contributed by atoms with Gasteiger partial charge >= 0.3 is 0 Å². The summed E-state index contributed by atoms with van der Waals surface area (Å²) < 4.78 is 1.04. The molecule has 1 aromatic rings. The van der Waals surface area contributed by atoms with Crippen molar-refractivity contribution < 1.29 is 4.79 Å². The number of rotatable bonds is 5. The zero-order valence-electron chi connectivity index (χ0n) is 7.70. The van der Waals surface area contributed by atoms with Crippen LogP contribution in [0.2, 0.25) is 0 Å². The first-order valence-corrected chi connectivity index (χ1v) is 6.01. The van der Waals surface area contributed by atoms with Crippen molar-refractivity contribution in [1.82, 2.24) is 0 Å². The minimum absolute atomic E-state index is 0.213. The van der Waals surface area contributed by atoms with E-state index >= 15 is 0 Å². The number of allylic oxidation sites excluding steroid dienone is 1. The van der Waals surface area contributed by atoms with Crippen LogP contribution in [-0.4, -0.2) is 11.5 Å². The van der Waals surface area contributed by atoms with Crippen LogP contribution in [-0.2, 0) is 4.79 Å². The molecule has 0 fully saturated rings. The van der Waals surface area contributed by atoms with Gasteiger partial charge in [0, 0.05) is 15.8 Å². The van der Waals surface area contributed by atoms with E-state index in [1.54, 1.807) is 17.8 Å². The van der Waals surface area contributed by atoms with Crippen molar-refractivity contribution >= 4 is 33.5 Å². The standard InChI is InChI=1S/C11H11BrOS/c1-2-4-10(13)8-14-11-6-3-5-9(12)7-11/h2-3,5-7H,1,4,8H2. The average molecular weight is 271 g/mol. The van der Waals surface area contributed by atoms with Crippen LogP contribution < -0.4 is 0 Å². The monoisotopic (exact) mass is 270 g/mol. The van der Waals surface area contributed by atoms with E-state index in [1.807, 2.05) is 24.3 Å². The molecule has 0 unspecified atom stereocenters. The Morgan fingerprint density at radius 3 is 3.00 bits per heavy atom. The van der Waals surface area contributed by atoms with Crippen LogP contribution in [0.4, 0.5) is 0 Å². The average Bonchev–Trinajstić information content (AvgIpc) is 2.15. The van der Waals surface area contributed by atoms with Crippen molar-refractivity contribution in [3.63, 3.8) is 0 Å². The maximum atomic E-state index is 11.2. The molecular formula is C11H11BrOS. The van der Waals surface area contributed by atoms with Gasteiger partial charge in [-0.25, -0.2) is 0 Å². The van der Waals surface area contributed by atoms with E-state index < -0.39 is 0 Å². The molecule has 14 heavy (non-hydrogen) atoms. The summed E-state index contributed by atoms with van der Waals surface area (Å²) in [5, 5.41) is 0. The van der Waals surface area contributed by atoms with Crippen molar-refractivity contribution in [2.24, 2.45) is 0 Å². The number of carbonyl (C=O) groups excluding carboxylic acids is 1. The van der Waals surface area contributed by atoms with Crippen LogP contribution in [0, 0.1) is 0 Å². The number of carbonyl (C=O) groups is 1. The largest absolute Gasteiger partial charge is 0.298 e. The fraction of sp³-hybridized carbons (Fsp3) is 0.182. The highest BCUT2D eigenvalue weighted by atomic mass is 79.9. The predicted octanol–water partition coefficient (Wildman–Crippen LogP) is 3.69. The fourth-order valence-electron chi connectivity index (χ4n) is 0.941. The molecule has 0 aromatic heterocycles. The van der Waals surface area contributed by atoms with Crippen molar-refractivity contribution in [3.05, 3.63) is 41.4 Å². The minimum atomic E-state index is 0.213. The third kappa shape index (κ3) is 4.11. The molecule has 74 valence electrons. The molecule has 3 heteroatoms. The lowest BCUT2D eigenvalue weighted by Gasteiger charge is -2.00. The summed E-state index contributed by atoms with van der Waals surface area (Å²) in [5.41, 5.74) is 0. The lowest BCUT2D eigenvalue weighted by Crippen LogP contribution is -1.98. The number of Topliss-reactive ketones (excluding diaryl/α,β-unsaturated/α-hetero) is 1. The summed E-state index contributed by atoms with van der Waals surface area (Å²) in [7, 11) is 0. The molecular weight excluding hydrogens is 260 g/mol. The van der Waals surface area contributed by atoms with E-state index in [0.29, 0.717) is 12.2 Å². The summed E-state index contributed by atoms with van der Waals surface area (Å²) in [6.07, 6.45) is 2.10. The number of hydrogen-bond donors (Lipinski definition) is 0. The summed E-state index contributed by atoms with van der Waals surface area (Å²) in [5.74, 6) is 0.729. The summed E-state index contributed by atoms with van der Waals surface area (Å²) >= 11 is 4.94. The van der Waals surface area contributed by atoms with Gasteiger partial charge in [-0.15, -0.1) is 18.3 Å². The van der Waals surface area contributed by atoms with Gasteiger partial charge in [0.15, 0.2) is 0 Å². The Morgan fingerprint density at radius 2 is 2.36 bits per heavy atom. The van der Waals surface area contributed by atoms with Gasteiger partial charge in [-0.3, -0.25) is 4.79 Å². The van der Waals surface area contributed by atoms with Gasteiger partial charge < -0.3 is 0 Å². The lowest BCUT2D eigenvalue weighted by molar-refractivity contribution is -0.115. The number of hydrogen-bond acceptors (Lipinski definition) is 2. The highest BCUT2D eigenvalue weighted by molar-refractivity contribution is 9.10. The van der Waals surface area contributed by atoms with Gasteiger partial charge in [-0.1, -0.05) is 28.1 Å². The second kappa shape index (κ2) is 6.04. The minimum Gasteiger partial charge on any atom is -0.298 e. The molecule has 1 aromatic carbocycles. The topological polar surface area (TPSA) is 17.1 Å². The van der Waals surface area contributed by atoms with Crippen molar-refractivity contribution in [3.8, 4) is 0 Å². The predicted molar refractivity (Wildman–Crippen MR) is 64.7 cm³/mol. The zero-order chi connectivity index (χ0) is 10.4. The molecule has 0 atom stereocenters. The van der Waals surface area contributed by atoms with Crippen LogP contribution in [0.15, 0.2) is 46.3 Å². The molecule has 0 aliphatic heterocycles. The summed E-state index contributed by atoms with van der Waals surface area (Å²) in [4.78, 5) is 12.3. The van der Waals surface area contributed by atoms with Gasteiger partial charge in [0.1, 0.15) is 5.78 Å². The Kier molecular flexibility index (Phi) is 4.98. The van der Waals surface area contributed by atoms with Gasteiger partial charge in [0.05, 0.1) is 5.75 Å². The molecule has 0 saturated heterocycles. The Balaban J connectivity index is 2.45. The summed E-state index contributed by atoms with van der Waals surface area (Å²) in [6, 6.07) is 7.93. The van der Waals surface area contributed by atoms with Gasteiger partial charge in [-0.2, -0.15) is 0 Å². The molecule has 0 aliphatic rings. The van der Waals surface area contributed by atoms with Crippen molar-refractivity contribution in [2.75, 3.05) is 5.75 Å². The molecule has 1 nitrogen and oxygen atoms in total. The quantitative estimate of drug-likeness (QED) is 0.600. The number of ketones is 1. The molecule has 0 bridgehead atoms. The highest BCUT2D eigenvalue weighted by Gasteiger charge is 2.00. The van der Waals surface area contributed by atoms with Gasteiger partial charge in [0.25, 0.3) is 0 Å². The second-order valence-electron chi connectivity index (χ2n) is 2.78. The molecule has 0 N–H and O–H groups in total. The van der Waals surface area contributed by atoms with Crippen LogP contribution in [0.5, 0.6) is 0 Å². The normalized spacial score (nSPS) is 9.79. The first-order chi connectivity index (χ1) is 6.72. The van der Waals surface area contributed by atoms with E-state index in [-0.39, 0.29) is 5.78 Å². The van der Waals surface area contributed by atoms with Crippen LogP contribution in [0.1, 0.15) is 6.42 Å². The van der Waals surface area contributed by atoms with E-state index in [2.05, 4.69) is 22.5 Å². The lowest BCUT2D eigenvalue weighted by atomic mass is 10.3. The molecule has 1 rings (SSSR count). The Hall–Kier alpha value is -0.540. The number of benzene rings is 1. The SMILES string of the molecule is C=CCC(=O)CSc1cccc(Br)c1. The van der Waals surface area contributed by atoms with E-state index in [1.165, 1.54) is 0 Å². The number of halogens is 1. The molecule has 0 heterocycles. The zero-order valence-corrected chi connectivity index (χ0v) is 10.1. The molecule has 0 amide bonds. The van der Waals surface area contributed by atoms with Gasteiger partial charge in [-0.05, 0) is 18.2 Å². The smallest absolute Gasteiger partial charge is 0.146 e. The second-order valence-corrected chi connectivity index (χ2v) is 4.74.